The molecule has 0 aliphatic heterocycles. The van der Waals surface area contributed by atoms with Gasteiger partial charge in [-0.25, -0.2) is 13.1 Å². The third kappa shape index (κ3) is 2.59. The first-order chi connectivity index (χ1) is 8.88. The highest BCUT2D eigenvalue weighted by Crippen LogP contribution is 2.36. The lowest BCUT2D eigenvalue weighted by Crippen LogP contribution is -2.34. The topological polar surface area (TPSA) is 59.1 Å². The zero-order valence-corrected chi connectivity index (χ0v) is 11.9. The van der Waals surface area contributed by atoms with Gasteiger partial charge in [0.2, 0.25) is 10.0 Å². The van der Waals surface area contributed by atoms with Gasteiger partial charge < -0.3 is 0 Å². The van der Waals surface area contributed by atoms with Crippen LogP contribution in [0.15, 0.2) is 35.4 Å². The van der Waals surface area contributed by atoms with Crippen molar-refractivity contribution < 1.29 is 8.42 Å². The maximum atomic E-state index is 12.3. The number of aromatic nitrogens is 1. The highest BCUT2D eigenvalue weighted by molar-refractivity contribution is 7.89. The van der Waals surface area contributed by atoms with E-state index in [1.165, 1.54) is 0 Å². The summed E-state index contributed by atoms with van der Waals surface area (Å²) in [4.78, 5) is 4.39. The normalized spacial score (nSPS) is 17.6. The van der Waals surface area contributed by atoms with Crippen molar-refractivity contribution in [2.75, 3.05) is 0 Å². The summed E-state index contributed by atoms with van der Waals surface area (Å²) in [6.07, 6.45) is 3.31. The fourth-order valence-corrected chi connectivity index (χ4v) is 3.59. The molecule has 0 unspecified atom stereocenters. The van der Waals surface area contributed by atoms with Crippen LogP contribution in [0.3, 0.4) is 0 Å². The van der Waals surface area contributed by atoms with Crippen LogP contribution in [0.4, 0.5) is 0 Å². The molecule has 2 aromatic rings. The van der Waals surface area contributed by atoms with Crippen molar-refractivity contribution >= 4 is 32.5 Å². The number of hydrogen-bond donors (Lipinski definition) is 1. The minimum atomic E-state index is -3.48. The van der Waals surface area contributed by atoms with Crippen molar-refractivity contribution in [1.29, 1.82) is 0 Å². The van der Waals surface area contributed by atoms with Crippen molar-refractivity contribution in [3.05, 3.63) is 35.5 Å². The van der Waals surface area contributed by atoms with E-state index in [0.29, 0.717) is 5.02 Å². The van der Waals surface area contributed by atoms with Crippen molar-refractivity contribution in [2.24, 2.45) is 0 Å². The predicted molar refractivity (Wildman–Crippen MR) is 74.7 cm³/mol. The van der Waals surface area contributed by atoms with E-state index >= 15 is 0 Å². The lowest BCUT2D eigenvalue weighted by molar-refractivity contribution is 0.558. The molecule has 1 aromatic heterocycles. The van der Waals surface area contributed by atoms with E-state index in [1.807, 2.05) is 6.92 Å². The van der Waals surface area contributed by atoms with Crippen molar-refractivity contribution in [2.45, 2.75) is 30.2 Å². The summed E-state index contributed by atoms with van der Waals surface area (Å²) >= 11 is 5.87. The van der Waals surface area contributed by atoms with Crippen LogP contribution in [0.2, 0.25) is 5.02 Å². The number of halogens is 1. The van der Waals surface area contributed by atoms with Crippen LogP contribution in [-0.2, 0) is 10.0 Å². The first-order valence-corrected chi connectivity index (χ1v) is 7.83. The molecule has 1 saturated carbocycles. The Kier molecular flexibility index (Phi) is 2.81. The van der Waals surface area contributed by atoms with E-state index in [0.717, 1.165) is 23.7 Å². The largest absolute Gasteiger partial charge is 0.255 e. The quantitative estimate of drug-likeness (QED) is 0.947. The van der Waals surface area contributed by atoms with Gasteiger partial charge in [-0.3, -0.25) is 4.98 Å². The predicted octanol–water partition coefficient (Wildman–Crippen LogP) is 2.72. The number of nitrogens with one attached hydrogen (secondary N) is 1. The summed E-state index contributed by atoms with van der Waals surface area (Å²) in [6, 6.07) is 6.57. The Morgan fingerprint density at radius 1 is 1.32 bits per heavy atom. The molecule has 1 aromatic carbocycles. The average molecular weight is 297 g/mol. The van der Waals surface area contributed by atoms with E-state index in [-0.39, 0.29) is 10.4 Å². The number of hydrogen-bond acceptors (Lipinski definition) is 3. The Balaban J connectivity index is 2.05. The smallest absolute Gasteiger partial charge is 0.241 e. The molecule has 0 amide bonds. The van der Waals surface area contributed by atoms with Gasteiger partial charge in [0, 0.05) is 17.1 Å². The van der Waals surface area contributed by atoms with Crippen LogP contribution in [0, 0.1) is 0 Å². The van der Waals surface area contributed by atoms with E-state index in [4.69, 9.17) is 11.6 Å². The Hall–Kier alpha value is -1.17. The number of pyridine rings is 1. The van der Waals surface area contributed by atoms with Gasteiger partial charge in [0.25, 0.3) is 0 Å². The summed E-state index contributed by atoms with van der Waals surface area (Å²) in [5, 5.41) is 1.21. The van der Waals surface area contributed by atoms with E-state index in [2.05, 4.69) is 9.71 Å². The molecular weight excluding hydrogens is 284 g/mol. The van der Waals surface area contributed by atoms with Gasteiger partial charge in [-0.05, 0) is 44.0 Å². The standard InChI is InChI=1S/C13H13ClN2O2S/c1-13(4-5-13)16-19(17,18)11-2-3-12-9(7-11)6-10(14)8-15-12/h2-3,6-8,16H,4-5H2,1H3. The molecule has 1 heterocycles. The van der Waals surface area contributed by atoms with Gasteiger partial charge in [-0.15, -0.1) is 0 Å². The minimum absolute atomic E-state index is 0.247. The molecule has 1 aliphatic carbocycles. The number of rotatable bonds is 3. The summed E-state index contributed by atoms with van der Waals surface area (Å²) < 4.78 is 27.2. The Labute approximate surface area is 116 Å². The molecular formula is C13H13ClN2O2S. The molecule has 0 atom stereocenters. The van der Waals surface area contributed by atoms with Gasteiger partial charge in [0.1, 0.15) is 0 Å². The lowest BCUT2D eigenvalue weighted by atomic mass is 10.2. The SMILES string of the molecule is CC1(NS(=O)(=O)c2ccc3ncc(Cl)cc3c2)CC1. The molecule has 6 heteroatoms. The first kappa shape index (κ1) is 12.8. The minimum Gasteiger partial charge on any atom is -0.255 e. The van der Waals surface area contributed by atoms with Crippen LogP contribution in [-0.4, -0.2) is 18.9 Å². The fraction of sp³-hybridized carbons (Fsp3) is 0.308. The third-order valence-corrected chi connectivity index (χ3v) is 5.15. The zero-order valence-electron chi connectivity index (χ0n) is 10.4. The number of benzene rings is 1. The molecule has 0 spiro atoms. The second-order valence-corrected chi connectivity index (χ2v) is 7.29. The highest BCUT2D eigenvalue weighted by atomic mass is 35.5. The molecule has 19 heavy (non-hydrogen) atoms. The molecule has 1 fully saturated rings. The Bertz CT molecular complexity index is 754. The number of sulfonamides is 1. The highest BCUT2D eigenvalue weighted by Gasteiger charge is 2.41. The molecule has 1 N–H and O–H groups in total. The van der Waals surface area contributed by atoms with Gasteiger partial charge in [0.15, 0.2) is 0 Å². The maximum Gasteiger partial charge on any atom is 0.241 e. The van der Waals surface area contributed by atoms with Crippen LogP contribution in [0.1, 0.15) is 19.8 Å². The van der Waals surface area contributed by atoms with Crippen molar-refractivity contribution in [3.8, 4) is 0 Å². The van der Waals surface area contributed by atoms with Gasteiger partial charge >= 0.3 is 0 Å². The summed E-state index contributed by atoms with van der Waals surface area (Å²) in [5.41, 5.74) is 0.446. The van der Waals surface area contributed by atoms with Crippen molar-refractivity contribution in [3.63, 3.8) is 0 Å². The van der Waals surface area contributed by atoms with Gasteiger partial charge in [-0.2, -0.15) is 0 Å². The van der Waals surface area contributed by atoms with Gasteiger partial charge in [-0.1, -0.05) is 11.6 Å². The van der Waals surface area contributed by atoms with Crippen LogP contribution >= 0.6 is 11.6 Å². The second kappa shape index (κ2) is 4.16. The second-order valence-electron chi connectivity index (χ2n) is 5.17. The molecule has 4 nitrogen and oxygen atoms in total. The van der Waals surface area contributed by atoms with E-state index in [1.54, 1.807) is 30.5 Å². The zero-order chi connectivity index (χ0) is 13.7. The molecule has 0 bridgehead atoms. The van der Waals surface area contributed by atoms with Gasteiger partial charge in [0.05, 0.1) is 15.4 Å². The third-order valence-electron chi connectivity index (χ3n) is 3.31. The maximum absolute atomic E-state index is 12.3. The summed E-state index contributed by atoms with van der Waals surface area (Å²) in [6.45, 7) is 1.91. The Morgan fingerprint density at radius 2 is 2.05 bits per heavy atom. The Morgan fingerprint density at radius 3 is 2.74 bits per heavy atom. The average Bonchev–Trinajstić information content (AvgIpc) is 3.04. The fourth-order valence-electron chi connectivity index (χ4n) is 1.92. The number of nitrogens with zero attached hydrogens (tertiary/aromatic N) is 1. The molecule has 1 aliphatic rings. The van der Waals surface area contributed by atoms with E-state index < -0.39 is 10.0 Å². The molecule has 0 radical (unpaired) electrons. The lowest BCUT2D eigenvalue weighted by Gasteiger charge is -2.12. The van der Waals surface area contributed by atoms with Crippen LogP contribution < -0.4 is 4.72 Å². The summed E-state index contributed by atoms with van der Waals surface area (Å²) in [5.74, 6) is 0. The molecule has 3 rings (SSSR count). The first-order valence-electron chi connectivity index (χ1n) is 5.97. The monoisotopic (exact) mass is 296 g/mol. The van der Waals surface area contributed by atoms with Crippen LogP contribution in [0.25, 0.3) is 10.9 Å². The van der Waals surface area contributed by atoms with Crippen LogP contribution in [0.5, 0.6) is 0 Å². The molecule has 0 saturated heterocycles. The summed E-state index contributed by atoms with van der Waals surface area (Å²) in [7, 11) is -3.48. The molecule has 100 valence electrons. The van der Waals surface area contributed by atoms with E-state index in [9.17, 15) is 8.42 Å². The number of fused-ring (bicyclic) bond motifs is 1. The van der Waals surface area contributed by atoms with Crippen molar-refractivity contribution in [1.82, 2.24) is 9.71 Å².